The van der Waals surface area contributed by atoms with Crippen molar-refractivity contribution in [1.29, 1.82) is 0 Å². The highest BCUT2D eigenvalue weighted by atomic mass is 19.1. The Hall–Kier alpha value is -2.37. The Balaban J connectivity index is 2.20. The van der Waals surface area contributed by atoms with Gasteiger partial charge in [-0.2, -0.15) is 0 Å². The maximum absolute atomic E-state index is 13.6. The average Bonchev–Trinajstić information content (AvgIpc) is 2.73. The molecule has 1 aromatic heterocycles. The molecule has 106 valence electrons. The van der Waals surface area contributed by atoms with Gasteiger partial charge in [-0.05, 0) is 25.0 Å². The number of esters is 1. The Morgan fingerprint density at radius 1 is 1.45 bits per heavy atom. The molecule has 1 heterocycles. The number of nitrogens with zero attached hydrogens (tertiary/aromatic N) is 2. The summed E-state index contributed by atoms with van der Waals surface area (Å²) in [6.45, 7) is 2.19. The second-order valence-electron chi connectivity index (χ2n) is 4.38. The van der Waals surface area contributed by atoms with Crippen molar-refractivity contribution in [2.75, 3.05) is 12.8 Å². The molecule has 0 aliphatic rings. The molecule has 2 N–H and O–H groups in total. The molecule has 0 unspecified atom stereocenters. The van der Waals surface area contributed by atoms with Crippen LogP contribution in [0.4, 0.5) is 10.2 Å². The Labute approximate surface area is 116 Å². The van der Waals surface area contributed by atoms with Crippen molar-refractivity contribution < 1.29 is 13.9 Å². The van der Waals surface area contributed by atoms with Crippen LogP contribution in [0.15, 0.2) is 24.3 Å². The van der Waals surface area contributed by atoms with Crippen molar-refractivity contribution in [1.82, 2.24) is 9.55 Å². The summed E-state index contributed by atoms with van der Waals surface area (Å²) in [6.07, 6.45) is 0.467. The molecule has 0 saturated heterocycles. The molecule has 0 aliphatic heterocycles. The lowest BCUT2D eigenvalue weighted by Gasteiger charge is -2.08. The zero-order chi connectivity index (χ0) is 14.7. The molecule has 5 nitrogen and oxygen atoms in total. The molecule has 20 heavy (non-hydrogen) atoms. The van der Waals surface area contributed by atoms with E-state index in [1.807, 2.05) is 0 Å². The van der Waals surface area contributed by atoms with Crippen LogP contribution < -0.4 is 5.73 Å². The van der Waals surface area contributed by atoms with Crippen molar-refractivity contribution in [3.63, 3.8) is 0 Å². The molecule has 0 amide bonds. The van der Waals surface area contributed by atoms with Gasteiger partial charge in [-0.15, -0.1) is 0 Å². The van der Waals surface area contributed by atoms with Gasteiger partial charge in [0.25, 0.3) is 0 Å². The molecule has 0 bridgehead atoms. The minimum atomic E-state index is -0.574. The summed E-state index contributed by atoms with van der Waals surface area (Å²) in [7, 11) is 1.27. The number of methoxy groups -OCH3 is 1. The van der Waals surface area contributed by atoms with Crippen LogP contribution in [-0.2, 0) is 17.7 Å². The van der Waals surface area contributed by atoms with Crippen LogP contribution in [-0.4, -0.2) is 22.6 Å². The second-order valence-corrected chi connectivity index (χ2v) is 4.38. The Kier molecular flexibility index (Phi) is 4.02. The number of rotatable bonds is 4. The summed E-state index contributed by atoms with van der Waals surface area (Å²) in [5.41, 5.74) is 6.58. The number of aromatic nitrogens is 2. The fourth-order valence-electron chi connectivity index (χ4n) is 2.04. The number of hydrogen-bond donors (Lipinski definition) is 1. The molecule has 0 aliphatic carbocycles. The van der Waals surface area contributed by atoms with Crippen LogP contribution in [0.1, 0.15) is 21.9 Å². The van der Waals surface area contributed by atoms with Crippen LogP contribution >= 0.6 is 0 Å². The highest BCUT2D eigenvalue weighted by Crippen LogP contribution is 2.17. The summed E-state index contributed by atoms with van der Waals surface area (Å²) < 4.78 is 19.8. The van der Waals surface area contributed by atoms with E-state index in [1.165, 1.54) is 13.2 Å². The summed E-state index contributed by atoms with van der Waals surface area (Å²) in [5, 5.41) is 0. The van der Waals surface area contributed by atoms with Crippen LogP contribution in [0, 0.1) is 12.7 Å². The van der Waals surface area contributed by atoms with Crippen LogP contribution in [0.5, 0.6) is 0 Å². The Morgan fingerprint density at radius 3 is 2.80 bits per heavy atom. The number of ether oxygens (including phenoxy) is 1. The molecule has 0 fully saturated rings. The second kappa shape index (κ2) is 5.73. The largest absolute Gasteiger partial charge is 0.464 e. The van der Waals surface area contributed by atoms with Gasteiger partial charge >= 0.3 is 5.97 Å². The van der Waals surface area contributed by atoms with E-state index in [-0.39, 0.29) is 17.3 Å². The van der Waals surface area contributed by atoms with Crippen LogP contribution in [0.25, 0.3) is 0 Å². The van der Waals surface area contributed by atoms with Crippen LogP contribution in [0.3, 0.4) is 0 Å². The summed E-state index contributed by atoms with van der Waals surface area (Å²) in [4.78, 5) is 15.6. The number of hydrogen-bond acceptors (Lipinski definition) is 4. The van der Waals surface area contributed by atoms with Gasteiger partial charge in [0.15, 0.2) is 5.69 Å². The summed E-state index contributed by atoms with van der Waals surface area (Å²) >= 11 is 0. The van der Waals surface area contributed by atoms with Gasteiger partial charge in [0.1, 0.15) is 17.5 Å². The number of carbonyl (C=O) groups is 1. The van der Waals surface area contributed by atoms with E-state index in [0.29, 0.717) is 24.4 Å². The smallest absolute Gasteiger partial charge is 0.360 e. The number of imidazole rings is 1. The molecule has 6 heteroatoms. The van der Waals surface area contributed by atoms with Crippen molar-refractivity contribution in [2.45, 2.75) is 19.9 Å². The molecule has 1 aromatic carbocycles. The third-order valence-corrected chi connectivity index (χ3v) is 3.14. The number of nitrogen functional groups attached to an aromatic ring is 1. The van der Waals surface area contributed by atoms with Gasteiger partial charge in [-0.25, -0.2) is 14.2 Å². The summed E-state index contributed by atoms with van der Waals surface area (Å²) in [6, 6.07) is 6.56. The third-order valence-electron chi connectivity index (χ3n) is 3.14. The lowest BCUT2D eigenvalue weighted by atomic mass is 10.1. The van der Waals surface area contributed by atoms with E-state index in [2.05, 4.69) is 9.72 Å². The van der Waals surface area contributed by atoms with Gasteiger partial charge in [-0.3, -0.25) is 0 Å². The molecule has 0 spiro atoms. The molecule has 0 radical (unpaired) electrons. The number of nitrogens with two attached hydrogens (primary N) is 1. The zero-order valence-corrected chi connectivity index (χ0v) is 11.4. The quantitative estimate of drug-likeness (QED) is 0.867. The zero-order valence-electron chi connectivity index (χ0n) is 11.4. The number of anilines is 1. The Bertz CT molecular complexity index is 637. The lowest BCUT2D eigenvalue weighted by Crippen LogP contribution is -2.10. The van der Waals surface area contributed by atoms with E-state index >= 15 is 0 Å². The first-order valence-electron chi connectivity index (χ1n) is 6.19. The van der Waals surface area contributed by atoms with E-state index in [1.54, 1.807) is 29.7 Å². The topological polar surface area (TPSA) is 70.1 Å². The highest BCUT2D eigenvalue weighted by Gasteiger charge is 2.19. The van der Waals surface area contributed by atoms with Crippen LogP contribution in [0.2, 0.25) is 0 Å². The van der Waals surface area contributed by atoms with E-state index in [0.717, 1.165) is 0 Å². The fraction of sp³-hybridized carbons (Fsp3) is 0.286. The monoisotopic (exact) mass is 277 g/mol. The van der Waals surface area contributed by atoms with Gasteiger partial charge in [0, 0.05) is 6.54 Å². The van der Waals surface area contributed by atoms with Gasteiger partial charge in [-0.1, -0.05) is 18.2 Å². The first kappa shape index (κ1) is 14.0. The molecular formula is C14H16FN3O2. The molecule has 0 atom stereocenters. The van der Waals surface area contributed by atoms with Crippen molar-refractivity contribution in [3.05, 3.63) is 47.2 Å². The maximum Gasteiger partial charge on any atom is 0.360 e. The maximum atomic E-state index is 13.6. The molecule has 2 aromatic rings. The fourth-order valence-corrected chi connectivity index (χ4v) is 2.04. The normalized spacial score (nSPS) is 10.6. The first-order chi connectivity index (χ1) is 9.54. The van der Waals surface area contributed by atoms with Gasteiger partial charge in [0.2, 0.25) is 0 Å². The van der Waals surface area contributed by atoms with Crippen molar-refractivity contribution >= 4 is 11.8 Å². The predicted molar refractivity (Wildman–Crippen MR) is 72.8 cm³/mol. The number of benzene rings is 1. The van der Waals surface area contributed by atoms with Gasteiger partial charge in [0.05, 0.1) is 7.11 Å². The molecule has 2 rings (SSSR count). The standard InChI is InChI=1S/C14H16FN3O2/c1-9-17-12(14(19)20-2)13(16)18(9)8-7-10-5-3-4-6-11(10)15/h3-6H,7-8,16H2,1-2H3. The Morgan fingerprint density at radius 2 is 2.15 bits per heavy atom. The average molecular weight is 277 g/mol. The SMILES string of the molecule is COC(=O)c1nc(C)n(CCc2ccccc2F)c1N. The van der Waals surface area contributed by atoms with E-state index < -0.39 is 5.97 Å². The number of aryl methyl sites for hydroxylation is 2. The van der Waals surface area contributed by atoms with E-state index in [9.17, 15) is 9.18 Å². The van der Waals surface area contributed by atoms with Gasteiger partial charge < -0.3 is 15.0 Å². The van der Waals surface area contributed by atoms with Crippen molar-refractivity contribution in [3.8, 4) is 0 Å². The minimum absolute atomic E-state index is 0.0959. The highest BCUT2D eigenvalue weighted by molar-refractivity contribution is 5.92. The molecular weight excluding hydrogens is 261 g/mol. The predicted octanol–water partition coefficient (Wildman–Crippen LogP) is 1.94. The van der Waals surface area contributed by atoms with Crippen molar-refractivity contribution in [2.24, 2.45) is 0 Å². The number of carbonyl (C=O) groups excluding carboxylic acids is 1. The molecule has 0 saturated carbocycles. The minimum Gasteiger partial charge on any atom is -0.464 e. The van der Waals surface area contributed by atoms with E-state index in [4.69, 9.17) is 5.73 Å². The third kappa shape index (κ3) is 2.64. The summed E-state index contributed by atoms with van der Waals surface area (Å²) in [5.74, 6) is 0.0113. The first-order valence-corrected chi connectivity index (χ1v) is 6.19. The lowest BCUT2D eigenvalue weighted by molar-refractivity contribution is 0.0595. The number of halogens is 1.